The molecule has 0 atom stereocenters. The van der Waals surface area contributed by atoms with E-state index in [2.05, 4.69) is 15.0 Å². The third-order valence-corrected chi connectivity index (χ3v) is 9.19. The van der Waals surface area contributed by atoms with Crippen LogP contribution in [0.2, 0.25) is 0 Å². The van der Waals surface area contributed by atoms with Gasteiger partial charge in [0.1, 0.15) is 12.4 Å². The normalized spacial score (nSPS) is 13.4. The number of hydrogen-bond acceptors (Lipinski definition) is 9. The molecule has 0 fully saturated rings. The fraction of sp³-hybridized carbons (Fsp3) is 0.212. The third-order valence-electron chi connectivity index (χ3n) is 8.06. The number of fused-ring (bicyclic) bond motifs is 2. The van der Waals surface area contributed by atoms with Gasteiger partial charge in [-0.05, 0) is 54.4 Å². The molecule has 1 aliphatic rings. The lowest BCUT2D eigenvalue weighted by atomic mass is 10.0. The number of nitrogens with zero attached hydrogens (tertiary/aromatic N) is 5. The molecule has 57 heavy (non-hydrogen) atoms. The summed E-state index contributed by atoms with van der Waals surface area (Å²) in [5.41, 5.74) is -4.68. The van der Waals surface area contributed by atoms with Gasteiger partial charge in [0, 0.05) is 29.7 Å². The Hall–Kier alpha value is -5.91. The summed E-state index contributed by atoms with van der Waals surface area (Å²) in [6, 6.07) is 8.62. The van der Waals surface area contributed by atoms with E-state index in [0.29, 0.717) is 30.8 Å². The molecule has 1 amide bonds. The molecule has 302 valence electrons. The van der Waals surface area contributed by atoms with Crippen LogP contribution in [0.25, 0.3) is 22.3 Å². The fourth-order valence-electron chi connectivity index (χ4n) is 5.65. The van der Waals surface area contributed by atoms with Crippen molar-refractivity contribution in [3.63, 3.8) is 0 Å². The molecular formula is C33H24F9N7O6S2. The van der Waals surface area contributed by atoms with E-state index in [4.69, 9.17) is 4.74 Å². The Balaban J connectivity index is 1.47. The number of nitrogens with one attached hydrogen (secondary N) is 2. The topological polar surface area (TPSA) is 165 Å². The van der Waals surface area contributed by atoms with Crippen LogP contribution in [-0.2, 0) is 49.9 Å². The largest absolute Gasteiger partial charge is 0.453 e. The number of carbonyl (C=O) groups excluding carboxylic acids is 1. The minimum atomic E-state index is -5.09. The lowest BCUT2D eigenvalue weighted by Gasteiger charge is -2.32. The van der Waals surface area contributed by atoms with Gasteiger partial charge < -0.3 is 9.30 Å². The smallest absolute Gasteiger partial charge is 0.434 e. The Morgan fingerprint density at radius 1 is 0.684 bits per heavy atom. The first-order valence-corrected chi connectivity index (χ1v) is 19.5. The van der Waals surface area contributed by atoms with Gasteiger partial charge in [0.2, 0.25) is 20.0 Å². The number of hydrogen-bond donors (Lipinski definition) is 2. The number of rotatable bonds is 8. The summed E-state index contributed by atoms with van der Waals surface area (Å²) >= 11 is 0. The average molecular weight is 850 g/mol. The standard InChI is InChI=1S/C33H24F9N7O6S2/c1-16-45-27(33(40,41)42)14-48(16)15-28(50)49-23-6-4-17(19-8-21(31(34,35)36)29(43-12-19)46-56(2,51)52)10-25(23)55-26-11-18(5-7-24(26)49)20-9-22(32(37,38)39)30(44-13-20)47-57(3,53)54/h4-14H,15H2,1-3H3,(H,43,46)(H,44,47). The van der Waals surface area contributed by atoms with Crippen LogP contribution in [0, 0.1) is 6.92 Å². The summed E-state index contributed by atoms with van der Waals surface area (Å²) < 4.78 is 182. The molecule has 2 aromatic carbocycles. The maximum Gasteiger partial charge on any atom is 0.434 e. The van der Waals surface area contributed by atoms with Crippen LogP contribution < -0.4 is 19.1 Å². The van der Waals surface area contributed by atoms with Crippen molar-refractivity contribution in [3.8, 4) is 33.8 Å². The van der Waals surface area contributed by atoms with E-state index in [1.54, 1.807) is 9.44 Å². The predicted octanol–water partition coefficient (Wildman–Crippen LogP) is 7.59. The average Bonchev–Trinajstić information content (AvgIpc) is 3.44. The van der Waals surface area contributed by atoms with Crippen LogP contribution in [0.4, 0.5) is 62.5 Å². The first kappa shape index (κ1) is 40.7. The number of halogens is 9. The van der Waals surface area contributed by atoms with Crippen molar-refractivity contribution in [2.45, 2.75) is 32.0 Å². The molecule has 0 spiro atoms. The van der Waals surface area contributed by atoms with Crippen LogP contribution in [0.3, 0.4) is 0 Å². The van der Waals surface area contributed by atoms with E-state index < -0.39 is 79.5 Å². The fourth-order valence-corrected chi connectivity index (χ4v) is 6.68. The van der Waals surface area contributed by atoms with Gasteiger partial charge in [-0.1, -0.05) is 12.1 Å². The number of carbonyl (C=O) groups is 1. The molecule has 0 unspecified atom stereocenters. The van der Waals surface area contributed by atoms with E-state index in [1.807, 2.05) is 0 Å². The molecule has 2 N–H and O–H groups in total. The molecule has 6 rings (SSSR count). The van der Waals surface area contributed by atoms with Gasteiger partial charge in [0.05, 0.1) is 35.0 Å². The number of alkyl halides is 9. The molecule has 4 heterocycles. The highest BCUT2D eigenvalue weighted by Crippen LogP contribution is 2.50. The zero-order chi connectivity index (χ0) is 42.0. The number of benzene rings is 2. The lowest BCUT2D eigenvalue weighted by Crippen LogP contribution is -2.32. The predicted molar refractivity (Wildman–Crippen MR) is 185 cm³/mol. The van der Waals surface area contributed by atoms with Gasteiger partial charge in [-0.15, -0.1) is 0 Å². The summed E-state index contributed by atoms with van der Waals surface area (Å²) in [7, 11) is -8.37. The summed E-state index contributed by atoms with van der Waals surface area (Å²) in [6.07, 6.45) is -11.3. The van der Waals surface area contributed by atoms with Gasteiger partial charge in [-0.25, -0.2) is 31.8 Å². The highest BCUT2D eigenvalue weighted by molar-refractivity contribution is 7.92. The number of imidazole rings is 1. The second-order valence-corrected chi connectivity index (χ2v) is 16.0. The van der Waals surface area contributed by atoms with Crippen molar-refractivity contribution in [1.29, 1.82) is 0 Å². The van der Waals surface area contributed by atoms with E-state index in [-0.39, 0.29) is 51.0 Å². The second kappa shape index (κ2) is 13.9. The van der Waals surface area contributed by atoms with E-state index in [1.165, 1.54) is 43.3 Å². The van der Waals surface area contributed by atoms with Crippen molar-refractivity contribution < 1.29 is 65.9 Å². The number of aryl methyl sites for hydroxylation is 1. The summed E-state index contributed by atoms with van der Waals surface area (Å²) in [6.45, 7) is 0.501. The number of pyridine rings is 2. The SMILES string of the molecule is Cc1nc(C(F)(F)F)cn1CC(=O)N1c2ccc(-c3cnc(NS(C)(=O)=O)c(C(F)(F)F)c3)cc2Oc2cc(-c3cnc(NS(C)(=O)=O)c(C(F)(F)F)c3)ccc21. The molecule has 0 bridgehead atoms. The Labute approximate surface area is 316 Å². The number of amides is 1. The summed E-state index contributed by atoms with van der Waals surface area (Å²) in [5.74, 6) is -3.49. The Morgan fingerprint density at radius 2 is 1.12 bits per heavy atom. The van der Waals surface area contributed by atoms with Crippen molar-refractivity contribution in [2.75, 3.05) is 26.9 Å². The quantitative estimate of drug-likeness (QED) is 0.150. The lowest BCUT2D eigenvalue weighted by molar-refractivity contribution is -0.141. The minimum absolute atomic E-state index is 0.00193. The number of anilines is 4. The van der Waals surface area contributed by atoms with Crippen LogP contribution >= 0.6 is 0 Å². The van der Waals surface area contributed by atoms with Crippen LogP contribution in [0.1, 0.15) is 22.6 Å². The van der Waals surface area contributed by atoms with Crippen LogP contribution in [0.15, 0.2) is 67.1 Å². The van der Waals surface area contributed by atoms with Gasteiger partial charge in [-0.2, -0.15) is 39.5 Å². The molecular weight excluding hydrogens is 826 g/mol. The summed E-state index contributed by atoms with van der Waals surface area (Å²) in [4.78, 5) is 25.7. The van der Waals surface area contributed by atoms with Crippen molar-refractivity contribution in [2.24, 2.45) is 0 Å². The van der Waals surface area contributed by atoms with E-state index in [0.717, 1.165) is 21.9 Å². The molecule has 0 radical (unpaired) electrons. The van der Waals surface area contributed by atoms with E-state index in [9.17, 15) is 61.1 Å². The first-order chi connectivity index (χ1) is 26.2. The number of aromatic nitrogens is 4. The van der Waals surface area contributed by atoms with E-state index >= 15 is 0 Å². The highest BCUT2D eigenvalue weighted by atomic mass is 32.2. The molecule has 1 aliphatic heterocycles. The Bertz CT molecular complexity index is 2520. The van der Waals surface area contributed by atoms with Crippen LogP contribution in [0.5, 0.6) is 11.5 Å². The molecule has 0 aliphatic carbocycles. The van der Waals surface area contributed by atoms with Gasteiger partial charge in [0.25, 0.3) is 5.91 Å². The van der Waals surface area contributed by atoms with Gasteiger partial charge in [-0.3, -0.25) is 19.1 Å². The van der Waals surface area contributed by atoms with Crippen molar-refractivity contribution in [3.05, 3.63) is 89.8 Å². The first-order valence-electron chi connectivity index (χ1n) is 15.7. The third kappa shape index (κ3) is 8.90. The molecule has 3 aromatic heterocycles. The maximum absolute atomic E-state index is 14.0. The zero-order valence-electron chi connectivity index (χ0n) is 29.0. The van der Waals surface area contributed by atoms with Gasteiger partial charge >= 0.3 is 18.5 Å². The highest BCUT2D eigenvalue weighted by Gasteiger charge is 2.38. The maximum atomic E-state index is 14.0. The van der Waals surface area contributed by atoms with Crippen molar-refractivity contribution in [1.82, 2.24) is 19.5 Å². The monoisotopic (exact) mass is 849 g/mol. The number of sulfonamides is 2. The molecule has 13 nitrogen and oxygen atoms in total. The summed E-state index contributed by atoms with van der Waals surface area (Å²) in [5, 5.41) is 0. The Kier molecular flexibility index (Phi) is 9.96. The zero-order valence-corrected chi connectivity index (χ0v) is 30.6. The molecule has 5 aromatic rings. The molecule has 0 saturated carbocycles. The molecule has 24 heteroatoms. The minimum Gasteiger partial charge on any atom is -0.453 e. The van der Waals surface area contributed by atoms with Gasteiger partial charge in [0.15, 0.2) is 28.8 Å². The Morgan fingerprint density at radius 3 is 1.49 bits per heavy atom. The molecule has 0 saturated heterocycles. The number of ether oxygens (including phenoxy) is 1. The van der Waals surface area contributed by atoms with Crippen molar-refractivity contribution >= 4 is 49.0 Å². The van der Waals surface area contributed by atoms with Crippen LogP contribution in [-0.4, -0.2) is 54.8 Å². The second-order valence-electron chi connectivity index (χ2n) is 12.5.